The van der Waals surface area contributed by atoms with Gasteiger partial charge in [-0.15, -0.1) is 0 Å². The maximum Gasteiger partial charge on any atom is 0.244 e. The van der Waals surface area contributed by atoms with E-state index in [0.717, 1.165) is 39.8 Å². The van der Waals surface area contributed by atoms with Crippen molar-refractivity contribution in [2.75, 3.05) is 26.2 Å². The highest BCUT2D eigenvalue weighted by Gasteiger charge is 2.21. The van der Waals surface area contributed by atoms with Crippen LogP contribution in [0.3, 0.4) is 0 Å². The molecule has 1 N–H and O–H groups in total. The summed E-state index contributed by atoms with van der Waals surface area (Å²) in [6.45, 7) is 3.09. The summed E-state index contributed by atoms with van der Waals surface area (Å²) in [7, 11) is 1.94. The highest BCUT2D eigenvalue weighted by molar-refractivity contribution is 6.01. The van der Waals surface area contributed by atoms with Gasteiger partial charge in [0, 0.05) is 55.8 Å². The third kappa shape index (κ3) is 5.79. The molecule has 1 fully saturated rings. The van der Waals surface area contributed by atoms with Crippen molar-refractivity contribution in [2.45, 2.75) is 12.6 Å². The summed E-state index contributed by atoms with van der Waals surface area (Å²) < 4.78 is 35.2. The molecular weight excluding hydrogens is 472 g/mol. The van der Waals surface area contributed by atoms with E-state index >= 15 is 0 Å². The molecule has 0 spiro atoms. The molecule has 1 aliphatic heterocycles. The number of rotatable bonds is 7. The minimum atomic E-state index is -0.323. The van der Waals surface area contributed by atoms with Crippen molar-refractivity contribution in [3.05, 3.63) is 102 Å². The topological polar surface area (TPSA) is 46.5 Å². The zero-order chi connectivity index (χ0) is 25.8. The quantitative estimate of drug-likeness (QED) is 0.356. The molecule has 5 rings (SSSR count). The largest absolute Gasteiger partial charge is 0.374 e. The minimum Gasteiger partial charge on any atom is -0.374 e. The van der Waals surface area contributed by atoms with E-state index in [1.54, 1.807) is 24.3 Å². The van der Waals surface area contributed by atoms with Gasteiger partial charge in [0.15, 0.2) is 0 Å². The summed E-state index contributed by atoms with van der Waals surface area (Å²) in [4.78, 5) is 15.0. The van der Waals surface area contributed by atoms with Crippen molar-refractivity contribution in [3.63, 3.8) is 0 Å². The standard InChI is InChI=1S/C30H29F2N3O2/c1-34-28-13-11-24(32)17-27(28)26(30(34)22-5-3-2-4-6-22)12-14-29(36)33-18-25-20-35(15-16-37-25)19-21-7-9-23(31)10-8-21/h2-14,17,25H,15-16,18-20H2,1H3,(H,33,36)/b14-12+. The number of nitrogens with one attached hydrogen (secondary N) is 1. The van der Waals surface area contributed by atoms with Crippen molar-refractivity contribution in [3.8, 4) is 11.3 Å². The van der Waals surface area contributed by atoms with Gasteiger partial charge in [0.05, 0.1) is 18.4 Å². The lowest BCUT2D eigenvalue weighted by Gasteiger charge is -2.33. The van der Waals surface area contributed by atoms with Crippen LogP contribution < -0.4 is 5.32 Å². The Morgan fingerprint density at radius 1 is 1.05 bits per heavy atom. The fraction of sp³-hybridized carbons (Fsp3) is 0.233. The van der Waals surface area contributed by atoms with Crippen molar-refractivity contribution < 1.29 is 18.3 Å². The van der Waals surface area contributed by atoms with Gasteiger partial charge >= 0.3 is 0 Å². The Balaban J connectivity index is 1.27. The van der Waals surface area contributed by atoms with Gasteiger partial charge in [0.2, 0.25) is 5.91 Å². The van der Waals surface area contributed by atoms with Crippen molar-refractivity contribution in [2.24, 2.45) is 7.05 Å². The van der Waals surface area contributed by atoms with Gasteiger partial charge in [-0.1, -0.05) is 42.5 Å². The first kappa shape index (κ1) is 24.9. The fourth-order valence-electron chi connectivity index (χ4n) is 4.89. The second-order valence-electron chi connectivity index (χ2n) is 9.28. The maximum atomic E-state index is 14.1. The van der Waals surface area contributed by atoms with E-state index < -0.39 is 0 Å². The second kappa shape index (κ2) is 11.1. The average Bonchev–Trinajstić information content (AvgIpc) is 3.18. The third-order valence-corrected chi connectivity index (χ3v) is 6.70. The second-order valence-corrected chi connectivity index (χ2v) is 9.28. The molecule has 0 radical (unpaired) electrons. The average molecular weight is 502 g/mol. The van der Waals surface area contributed by atoms with E-state index in [0.29, 0.717) is 26.2 Å². The van der Waals surface area contributed by atoms with Crippen molar-refractivity contribution in [1.29, 1.82) is 0 Å². The lowest BCUT2D eigenvalue weighted by atomic mass is 10.0. The van der Waals surface area contributed by atoms with Crippen LogP contribution in [0.25, 0.3) is 28.2 Å². The molecule has 37 heavy (non-hydrogen) atoms. The lowest BCUT2D eigenvalue weighted by Crippen LogP contribution is -2.46. The Labute approximate surface area is 215 Å². The zero-order valence-electron chi connectivity index (χ0n) is 20.7. The predicted molar refractivity (Wildman–Crippen MR) is 142 cm³/mol. The van der Waals surface area contributed by atoms with Crippen molar-refractivity contribution in [1.82, 2.24) is 14.8 Å². The van der Waals surface area contributed by atoms with Crippen molar-refractivity contribution >= 4 is 22.9 Å². The Kier molecular flexibility index (Phi) is 7.44. The highest BCUT2D eigenvalue weighted by atomic mass is 19.1. The SMILES string of the molecule is Cn1c(-c2ccccc2)c(/C=C/C(=O)NCC2CN(Cc3ccc(F)cc3)CCO2)c2cc(F)ccc21. The highest BCUT2D eigenvalue weighted by Crippen LogP contribution is 2.34. The van der Waals surface area contributed by atoms with E-state index in [1.807, 2.05) is 41.9 Å². The number of hydrogen-bond donors (Lipinski definition) is 1. The zero-order valence-corrected chi connectivity index (χ0v) is 20.7. The molecule has 190 valence electrons. The van der Waals surface area contributed by atoms with Gasteiger partial charge < -0.3 is 14.6 Å². The first-order valence-electron chi connectivity index (χ1n) is 12.4. The van der Waals surface area contributed by atoms with Gasteiger partial charge in [-0.25, -0.2) is 8.78 Å². The van der Waals surface area contributed by atoms with Gasteiger partial charge in [-0.2, -0.15) is 0 Å². The Morgan fingerprint density at radius 2 is 1.81 bits per heavy atom. The number of carbonyl (C=O) groups excluding carboxylic acids is 1. The number of halogens is 2. The molecule has 7 heteroatoms. The Bertz CT molecular complexity index is 1410. The molecule has 0 saturated carbocycles. The van der Waals surface area contributed by atoms with Crippen LogP contribution in [0.5, 0.6) is 0 Å². The van der Waals surface area contributed by atoms with E-state index in [2.05, 4.69) is 10.2 Å². The van der Waals surface area contributed by atoms with Crippen LogP contribution in [0.4, 0.5) is 8.78 Å². The van der Waals surface area contributed by atoms with E-state index in [1.165, 1.54) is 30.3 Å². The first-order valence-corrected chi connectivity index (χ1v) is 12.4. The van der Waals surface area contributed by atoms with E-state index in [9.17, 15) is 13.6 Å². The number of benzene rings is 3. The van der Waals surface area contributed by atoms with Gasteiger partial charge in [-0.05, 0) is 47.5 Å². The van der Waals surface area contributed by atoms with Crippen LogP contribution in [0.15, 0.2) is 78.9 Å². The summed E-state index contributed by atoms with van der Waals surface area (Å²) in [5, 5.41) is 3.68. The molecule has 1 saturated heterocycles. The molecule has 5 nitrogen and oxygen atoms in total. The van der Waals surface area contributed by atoms with Gasteiger partial charge in [0.25, 0.3) is 0 Å². The molecule has 1 unspecified atom stereocenters. The number of aryl methyl sites for hydroxylation is 1. The molecule has 0 aliphatic carbocycles. The smallest absolute Gasteiger partial charge is 0.244 e. The number of hydrogen-bond acceptors (Lipinski definition) is 3. The number of fused-ring (bicyclic) bond motifs is 1. The first-order chi connectivity index (χ1) is 18.0. The summed E-state index contributed by atoms with van der Waals surface area (Å²) in [5.74, 6) is -0.813. The summed E-state index contributed by atoms with van der Waals surface area (Å²) in [6.07, 6.45) is 3.10. The molecule has 3 aromatic carbocycles. The monoisotopic (exact) mass is 501 g/mol. The van der Waals surface area contributed by atoms with E-state index in [4.69, 9.17) is 4.74 Å². The number of ether oxygens (including phenoxy) is 1. The van der Waals surface area contributed by atoms with Crippen LogP contribution in [0, 0.1) is 11.6 Å². The normalized spacial score (nSPS) is 16.5. The summed E-state index contributed by atoms with van der Waals surface area (Å²) in [6, 6.07) is 21.1. The Hall–Kier alpha value is -3.81. The number of carbonyl (C=O) groups is 1. The molecule has 2 heterocycles. The number of morpholine rings is 1. The molecule has 1 amide bonds. The third-order valence-electron chi connectivity index (χ3n) is 6.70. The molecule has 1 aromatic heterocycles. The number of amides is 1. The Morgan fingerprint density at radius 3 is 2.59 bits per heavy atom. The maximum absolute atomic E-state index is 14.1. The number of nitrogens with zero attached hydrogens (tertiary/aromatic N) is 2. The van der Waals surface area contributed by atoms with Crippen LogP contribution in [0.2, 0.25) is 0 Å². The fourth-order valence-corrected chi connectivity index (χ4v) is 4.89. The van der Waals surface area contributed by atoms with Gasteiger partial charge in [-0.3, -0.25) is 9.69 Å². The van der Waals surface area contributed by atoms with Gasteiger partial charge in [0.1, 0.15) is 11.6 Å². The van der Waals surface area contributed by atoms with Crippen LogP contribution in [0.1, 0.15) is 11.1 Å². The molecule has 4 aromatic rings. The number of aromatic nitrogens is 1. The minimum absolute atomic E-state index is 0.141. The molecule has 1 aliphatic rings. The van der Waals surface area contributed by atoms with Crippen LogP contribution in [-0.2, 0) is 23.1 Å². The molecule has 1 atom stereocenters. The van der Waals surface area contributed by atoms with Crippen LogP contribution >= 0.6 is 0 Å². The summed E-state index contributed by atoms with van der Waals surface area (Å²) in [5.41, 5.74) is 4.61. The van der Waals surface area contributed by atoms with E-state index in [-0.39, 0.29) is 23.6 Å². The predicted octanol–water partition coefficient (Wildman–Crippen LogP) is 5.15. The molecule has 0 bridgehead atoms. The lowest BCUT2D eigenvalue weighted by molar-refractivity contribution is -0.117. The summed E-state index contributed by atoms with van der Waals surface area (Å²) >= 11 is 0. The molecular formula is C30H29F2N3O2. The van der Waals surface area contributed by atoms with Crippen LogP contribution in [-0.4, -0.2) is 47.7 Å².